The maximum atomic E-state index is 12.8. The Morgan fingerprint density at radius 2 is 1.60 bits per heavy atom. The number of ether oxygens (including phenoxy) is 5. The lowest BCUT2D eigenvalue weighted by molar-refractivity contribution is -0.320. The summed E-state index contributed by atoms with van der Waals surface area (Å²) < 4.78 is 33.8. The van der Waals surface area contributed by atoms with Gasteiger partial charge in [0.15, 0.2) is 17.8 Å². The van der Waals surface area contributed by atoms with Gasteiger partial charge in [-0.1, -0.05) is 13.8 Å². The van der Waals surface area contributed by atoms with Crippen LogP contribution < -0.4 is 10.2 Å². The SMILES string of the molecule is CCC(C)C(=O)O[C@@H]1[C@@H](O)[C@H](C)O[C@@H](OC[C@H]2O[C@@H](Oc3cc(O)c4c(=O)cc(-c5ccc(O)cc5)oc4c3)[C@H](O)[C@@H](O)[C@@H]2O)[C@@H]1O. The van der Waals surface area contributed by atoms with Crippen LogP contribution in [0.3, 0.4) is 0 Å². The minimum atomic E-state index is -1.79. The van der Waals surface area contributed by atoms with E-state index >= 15 is 0 Å². The molecule has 2 aliphatic rings. The van der Waals surface area contributed by atoms with E-state index < -0.39 is 91.1 Å². The first-order chi connectivity index (χ1) is 22.3. The monoisotopic (exact) mass is 662 g/mol. The number of aliphatic hydroxyl groups is 5. The van der Waals surface area contributed by atoms with E-state index in [1.54, 1.807) is 13.8 Å². The average molecular weight is 663 g/mol. The third-order valence-corrected chi connectivity index (χ3v) is 8.33. The number of carbonyl (C=O) groups is 1. The smallest absolute Gasteiger partial charge is 0.309 e. The number of esters is 1. The Hall–Kier alpha value is -3.80. The molecule has 2 saturated heterocycles. The Kier molecular flexibility index (Phi) is 10.4. The first-order valence-corrected chi connectivity index (χ1v) is 15.1. The molecule has 7 N–H and O–H groups in total. The molecule has 5 rings (SSSR count). The van der Waals surface area contributed by atoms with Crippen molar-refractivity contribution in [3.8, 4) is 28.6 Å². The maximum Gasteiger partial charge on any atom is 0.309 e. The van der Waals surface area contributed by atoms with Crippen molar-refractivity contribution in [2.24, 2.45) is 5.92 Å². The van der Waals surface area contributed by atoms with Crippen LogP contribution in [-0.4, -0.2) is 110 Å². The Bertz CT molecular complexity index is 1610. The van der Waals surface area contributed by atoms with Gasteiger partial charge < -0.3 is 63.8 Å². The lowest BCUT2D eigenvalue weighted by Crippen LogP contribution is -2.62. The van der Waals surface area contributed by atoms with Crippen LogP contribution in [-0.2, 0) is 23.7 Å². The van der Waals surface area contributed by atoms with E-state index in [-0.39, 0.29) is 28.2 Å². The second kappa shape index (κ2) is 14.1. The van der Waals surface area contributed by atoms with E-state index in [0.29, 0.717) is 12.0 Å². The Labute approximate surface area is 268 Å². The first kappa shape index (κ1) is 34.5. The van der Waals surface area contributed by atoms with Crippen molar-refractivity contribution in [1.82, 2.24) is 0 Å². The van der Waals surface area contributed by atoms with Gasteiger partial charge in [0.25, 0.3) is 0 Å². The molecule has 3 heterocycles. The van der Waals surface area contributed by atoms with Crippen LogP contribution in [0.2, 0.25) is 0 Å². The summed E-state index contributed by atoms with van der Waals surface area (Å²) in [6.45, 7) is 4.39. The number of carbonyl (C=O) groups excluding carboxylic acids is 1. The van der Waals surface area contributed by atoms with Crippen molar-refractivity contribution in [3.05, 3.63) is 52.7 Å². The molecule has 2 aromatic carbocycles. The number of aliphatic hydroxyl groups excluding tert-OH is 5. The zero-order chi connectivity index (χ0) is 34.2. The number of aromatic hydroxyl groups is 2. The summed E-state index contributed by atoms with van der Waals surface area (Å²) in [5, 5.41) is 73.2. The second-order valence-electron chi connectivity index (χ2n) is 11.7. The number of rotatable bonds is 9. The normalized spacial score (nSPS) is 31.7. The number of phenolic OH excluding ortho intramolecular Hbond substituents is 2. The van der Waals surface area contributed by atoms with Crippen molar-refractivity contribution in [1.29, 1.82) is 0 Å². The van der Waals surface area contributed by atoms with Crippen LogP contribution in [0, 0.1) is 5.92 Å². The molecule has 1 aromatic heterocycles. The third-order valence-electron chi connectivity index (χ3n) is 8.33. The molecule has 2 fully saturated rings. The van der Waals surface area contributed by atoms with Crippen molar-refractivity contribution in [2.45, 2.75) is 88.6 Å². The van der Waals surface area contributed by atoms with Crippen molar-refractivity contribution in [2.75, 3.05) is 6.61 Å². The number of hydrogen-bond acceptors (Lipinski definition) is 15. The summed E-state index contributed by atoms with van der Waals surface area (Å²) in [7, 11) is 0. The van der Waals surface area contributed by atoms with Crippen LogP contribution in [0.15, 0.2) is 51.7 Å². The van der Waals surface area contributed by atoms with Crippen molar-refractivity contribution < 1.29 is 68.6 Å². The molecular formula is C32H38O15. The zero-order valence-electron chi connectivity index (χ0n) is 25.7. The molecule has 15 nitrogen and oxygen atoms in total. The minimum Gasteiger partial charge on any atom is -0.508 e. The quantitative estimate of drug-likeness (QED) is 0.155. The highest BCUT2D eigenvalue weighted by Crippen LogP contribution is 2.34. The molecule has 0 saturated carbocycles. The molecule has 0 aliphatic carbocycles. The lowest BCUT2D eigenvalue weighted by Gasteiger charge is -2.43. The zero-order valence-corrected chi connectivity index (χ0v) is 25.7. The second-order valence-corrected chi connectivity index (χ2v) is 11.7. The highest BCUT2D eigenvalue weighted by Gasteiger charge is 2.49. The van der Waals surface area contributed by atoms with Gasteiger partial charge in [-0.3, -0.25) is 9.59 Å². The topological polar surface area (TPSA) is 235 Å². The van der Waals surface area contributed by atoms with Crippen molar-refractivity contribution in [3.63, 3.8) is 0 Å². The van der Waals surface area contributed by atoms with Crippen LogP contribution in [0.5, 0.6) is 17.2 Å². The highest BCUT2D eigenvalue weighted by atomic mass is 16.7. The van der Waals surface area contributed by atoms with Gasteiger partial charge in [0.05, 0.1) is 18.6 Å². The van der Waals surface area contributed by atoms with Crippen LogP contribution in [0.1, 0.15) is 27.2 Å². The standard InChI is InChI=1S/C32H38O15/c1-4-13(2)30(41)47-29-24(36)14(3)43-31(28(29)40)42-12-22-25(37)26(38)27(39)32(46-22)44-17-9-18(34)23-19(35)11-20(45-21(23)10-17)15-5-7-16(33)8-6-15/h5-11,13-14,22,24-29,31-34,36-40H,4,12H2,1-3H3/t13?,14-,22+,24-,25+,26-,27+,28+,29+,31+,32+/m0/s1. The summed E-state index contributed by atoms with van der Waals surface area (Å²) in [5.41, 5.74) is -0.173. The molecule has 11 atom stereocenters. The van der Waals surface area contributed by atoms with E-state index in [1.165, 1.54) is 43.3 Å². The molecule has 2 aliphatic heterocycles. The Morgan fingerprint density at radius 3 is 2.28 bits per heavy atom. The average Bonchev–Trinajstić information content (AvgIpc) is 3.04. The van der Waals surface area contributed by atoms with Crippen molar-refractivity contribution >= 4 is 16.9 Å². The molecule has 3 aromatic rings. The predicted octanol–water partition coefficient (Wildman–Crippen LogP) is 0.499. The summed E-state index contributed by atoms with van der Waals surface area (Å²) >= 11 is 0. The molecule has 1 unspecified atom stereocenters. The number of benzene rings is 2. The van der Waals surface area contributed by atoms with Gasteiger partial charge in [0.1, 0.15) is 70.6 Å². The molecule has 0 radical (unpaired) electrons. The summed E-state index contributed by atoms with van der Waals surface area (Å²) in [4.78, 5) is 25.2. The van der Waals surface area contributed by atoms with Gasteiger partial charge in [-0.15, -0.1) is 0 Å². The van der Waals surface area contributed by atoms with E-state index in [0.717, 1.165) is 6.07 Å². The predicted molar refractivity (Wildman–Crippen MR) is 160 cm³/mol. The fourth-order valence-electron chi connectivity index (χ4n) is 5.25. The summed E-state index contributed by atoms with van der Waals surface area (Å²) in [5.74, 6) is -1.60. The third kappa shape index (κ3) is 7.22. The van der Waals surface area contributed by atoms with Crippen LogP contribution in [0.25, 0.3) is 22.3 Å². The van der Waals surface area contributed by atoms with Crippen LogP contribution in [0.4, 0.5) is 0 Å². The molecule has 0 bridgehead atoms. The molecular weight excluding hydrogens is 624 g/mol. The number of phenols is 2. The molecule has 256 valence electrons. The van der Waals surface area contributed by atoms with Gasteiger partial charge in [-0.25, -0.2) is 0 Å². The number of fused-ring (bicyclic) bond motifs is 1. The molecule has 47 heavy (non-hydrogen) atoms. The van der Waals surface area contributed by atoms with Gasteiger partial charge >= 0.3 is 5.97 Å². The lowest BCUT2D eigenvalue weighted by atomic mass is 9.98. The minimum absolute atomic E-state index is 0.00911. The Morgan fingerprint density at radius 1 is 0.894 bits per heavy atom. The molecule has 0 spiro atoms. The largest absolute Gasteiger partial charge is 0.508 e. The molecule has 0 amide bonds. The fraction of sp³-hybridized carbons (Fsp3) is 0.500. The van der Waals surface area contributed by atoms with E-state index in [1.807, 2.05) is 0 Å². The highest BCUT2D eigenvalue weighted by molar-refractivity contribution is 5.86. The fourth-order valence-corrected chi connectivity index (χ4v) is 5.25. The van der Waals surface area contributed by atoms with Gasteiger partial charge in [-0.2, -0.15) is 0 Å². The summed E-state index contributed by atoms with van der Waals surface area (Å²) in [6.07, 6.45) is -14.5. The van der Waals surface area contributed by atoms with E-state index in [4.69, 9.17) is 28.1 Å². The van der Waals surface area contributed by atoms with Crippen LogP contribution >= 0.6 is 0 Å². The first-order valence-electron chi connectivity index (χ1n) is 15.1. The van der Waals surface area contributed by atoms with E-state index in [2.05, 4.69) is 0 Å². The van der Waals surface area contributed by atoms with Gasteiger partial charge in [0.2, 0.25) is 6.29 Å². The van der Waals surface area contributed by atoms with Gasteiger partial charge in [-0.05, 0) is 37.6 Å². The number of hydrogen-bond donors (Lipinski definition) is 7. The van der Waals surface area contributed by atoms with E-state index in [9.17, 15) is 45.3 Å². The molecule has 15 heteroatoms. The maximum absolute atomic E-state index is 12.8. The Balaban J connectivity index is 1.31. The summed E-state index contributed by atoms with van der Waals surface area (Å²) in [6, 6.07) is 9.39. The van der Waals surface area contributed by atoms with Gasteiger partial charge in [0, 0.05) is 23.8 Å².